The fourth-order valence-electron chi connectivity index (χ4n) is 2.12. The second kappa shape index (κ2) is 7.25. The van der Waals surface area contributed by atoms with Crippen molar-refractivity contribution < 1.29 is 4.74 Å². The lowest BCUT2D eigenvalue weighted by atomic mass is 10.0. The summed E-state index contributed by atoms with van der Waals surface area (Å²) in [5, 5.41) is 5.72. The van der Waals surface area contributed by atoms with Crippen molar-refractivity contribution in [3.63, 3.8) is 0 Å². The van der Waals surface area contributed by atoms with Crippen LogP contribution in [0.4, 0.5) is 0 Å². The summed E-state index contributed by atoms with van der Waals surface area (Å²) >= 11 is 5.25. The van der Waals surface area contributed by atoms with Crippen molar-refractivity contribution in [3.05, 3.63) is 50.6 Å². The van der Waals surface area contributed by atoms with Crippen LogP contribution in [0.5, 0.6) is 5.75 Å². The third kappa shape index (κ3) is 4.08. The minimum atomic E-state index is 0.207. The van der Waals surface area contributed by atoms with Gasteiger partial charge in [-0.15, -0.1) is 11.3 Å². The van der Waals surface area contributed by atoms with Gasteiger partial charge >= 0.3 is 0 Å². The standard InChI is InChI=1S/C16H20BrNOS/c1-4-18-16(13-9-15(17)20-10-13)12-5-7-14(8-6-12)19-11(2)3/h5-11,16,18H,4H2,1-3H3. The number of benzene rings is 1. The van der Waals surface area contributed by atoms with Gasteiger partial charge in [-0.3, -0.25) is 0 Å². The summed E-state index contributed by atoms with van der Waals surface area (Å²) in [6.45, 7) is 7.14. The van der Waals surface area contributed by atoms with E-state index in [0.29, 0.717) is 0 Å². The highest BCUT2D eigenvalue weighted by Gasteiger charge is 2.14. The summed E-state index contributed by atoms with van der Waals surface area (Å²) in [5.41, 5.74) is 2.55. The van der Waals surface area contributed by atoms with Crippen LogP contribution in [0.25, 0.3) is 0 Å². The van der Waals surface area contributed by atoms with Crippen molar-refractivity contribution in [1.29, 1.82) is 0 Å². The zero-order valence-corrected chi connectivity index (χ0v) is 14.4. The van der Waals surface area contributed by atoms with E-state index in [1.807, 2.05) is 26.0 Å². The Labute approximate surface area is 133 Å². The number of ether oxygens (including phenoxy) is 1. The van der Waals surface area contributed by atoms with Gasteiger partial charge in [0.15, 0.2) is 0 Å². The van der Waals surface area contributed by atoms with E-state index >= 15 is 0 Å². The molecule has 0 aliphatic heterocycles. The average Bonchev–Trinajstić information content (AvgIpc) is 2.83. The topological polar surface area (TPSA) is 21.3 Å². The number of rotatable bonds is 6. The first-order valence-corrected chi connectivity index (χ1v) is 8.51. The summed E-state index contributed by atoms with van der Waals surface area (Å²) in [6, 6.07) is 10.8. The molecule has 0 spiro atoms. The van der Waals surface area contributed by atoms with Crippen LogP contribution in [-0.2, 0) is 0 Å². The van der Waals surface area contributed by atoms with Gasteiger partial charge < -0.3 is 10.1 Å². The molecule has 0 saturated carbocycles. The van der Waals surface area contributed by atoms with Crippen LogP contribution in [0.15, 0.2) is 39.5 Å². The maximum Gasteiger partial charge on any atom is 0.119 e. The highest BCUT2D eigenvalue weighted by Crippen LogP contribution is 2.30. The summed E-state index contributed by atoms with van der Waals surface area (Å²) in [7, 11) is 0. The molecule has 1 unspecified atom stereocenters. The average molecular weight is 354 g/mol. The van der Waals surface area contributed by atoms with Gasteiger partial charge in [0.1, 0.15) is 5.75 Å². The van der Waals surface area contributed by atoms with Crippen molar-refractivity contribution >= 4 is 27.3 Å². The first kappa shape index (κ1) is 15.5. The Morgan fingerprint density at radius 2 is 1.90 bits per heavy atom. The number of hydrogen-bond acceptors (Lipinski definition) is 3. The van der Waals surface area contributed by atoms with E-state index in [1.165, 1.54) is 11.1 Å². The molecule has 2 rings (SSSR count). The summed E-state index contributed by atoms with van der Waals surface area (Å²) in [6.07, 6.45) is 0.207. The lowest BCUT2D eigenvalue weighted by molar-refractivity contribution is 0.242. The van der Waals surface area contributed by atoms with Crippen LogP contribution in [0.1, 0.15) is 37.9 Å². The molecule has 1 aromatic carbocycles. The van der Waals surface area contributed by atoms with Gasteiger partial charge in [-0.25, -0.2) is 0 Å². The maximum atomic E-state index is 5.69. The highest BCUT2D eigenvalue weighted by molar-refractivity contribution is 9.11. The van der Waals surface area contributed by atoms with Crippen LogP contribution < -0.4 is 10.1 Å². The molecule has 20 heavy (non-hydrogen) atoms. The van der Waals surface area contributed by atoms with E-state index in [4.69, 9.17) is 4.74 Å². The molecule has 1 heterocycles. The summed E-state index contributed by atoms with van der Waals surface area (Å²) in [4.78, 5) is 0. The molecule has 2 aromatic rings. The van der Waals surface area contributed by atoms with E-state index in [9.17, 15) is 0 Å². The lowest BCUT2D eigenvalue weighted by Gasteiger charge is -2.18. The van der Waals surface area contributed by atoms with E-state index in [0.717, 1.165) is 16.1 Å². The minimum Gasteiger partial charge on any atom is -0.491 e. The van der Waals surface area contributed by atoms with Crippen molar-refractivity contribution in [3.8, 4) is 5.75 Å². The second-order valence-corrected chi connectivity index (χ2v) is 7.20. The molecule has 0 aliphatic carbocycles. The van der Waals surface area contributed by atoms with Gasteiger partial charge in [0.2, 0.25) is 0 Å². The van der Waals surface area contributed by atoms with Gasteiger partial charge in [0.05, 0.1) is 15.9 Å². The molecule has 1 N–H and O–H groups in total. The Bertz CT molecular complexity index is 536. The van der Waals surface area contributed by atoms with Crippen LogP contribution in [-0.4, -0.2) is 12.6 Å². The number of hydrogen-bond donors (Lipinski definition) is 1. The van der Waals surface area contributed by atoms with Gasteiger partial charge in [0, 0.05) is 0 Å². The van der Waals surface area contributed by atoms with Crippen molar-refractivity contribution in [2.24, 2.45) is 0 Å². The Morgan fingerprint density at radius 3 is 2.40 bits per heavy atom. The molecule has 0 saturated heterocycles. The maximum absolute atomic E-state index is 5.69. The molecular weight excluding hydrogens is 334 g/mol. The highest BCUT2D eigenvalue weighted by atomic mass is 79.9. The van der Waals surface area contributed by atoms with E-state index in [-0.39, 0.29) is 12.1 Å². The molecule has 108 valence electrons. The Balaban J connectivity index is 2.21. The zero-order valence-electron chi connectivity index (χ0n) is 12.0. The molecule has 1 atom stereocenters. The Hall–Kier alpha value is -0.840. The molecule has 2 nitrogen and oxygen atoms in total. The molecule has 0 aliphatic rings. The van der Waals surface area contributed by atoms with Gasteiger partial charge in [0.25, 0.3) is 0 Å². The summed E-state index contributed by atoms with van der Waals surface area (Å²) < 4.78 is 6.86. The molecule has 0 amide bonds. The molecule has 1 aromatic heterocycles. The number of thiophene rings is 1. The minimum absolute atomic E-state index is 0.207. The largest absolute Gasteiger partial charge is 0.491 e. The number of nitrogens with one attached hydrogen (secondary N) is 1. The monoisotopic (exact) mass is 353 g/mol. The fraction of sp³-hybridized carbons (Fsp3) is 0.375. The predicted molar refractivity (Wildman–Crippen MR) is 89.7 cm³/mol. The van der Waals surface area contributed by atoms with Crippen molar-refractivity contribution in [2.45, 2.75) is 32.9 Å². The van der Waals surface area contributed by atoms with Gasteiger partial charge in [-0.1, -0.05) is 19.1 Å². The normalized spacial score (nSPS) is 12.7. The quantitative estimate of drug-likeness (QED) is 0.789. The molecule has 0 radical (unpaired) electrons. The van der Waals surface area contributed by atoms with E-state index in [2.05, 4.69) is 51.7 Å². The SMILES string of the molecule is CCNC(c1ccc(OC(C)C)cc1)c1csc(Br)c1. The predicted octanol–water partition coefficient (Wildman–Crippen LogP) is 5.00. The van der Waals surface area contributed by atoms with Gasteiger partial charge in [-0.05, 0) is 71.0 Å². The van der Waals surface area contributed by atoms with Gasteiger partial charge in [-0.2, -0.15) is 0 Å². The van der Waals surface area contributed by atoms with E-state index in [1.54, 1.807) is 11.3 Å². The smallest absolute Gasteiger partial charge is 0.119 e. The van der Waals surface area contributed by atoms with Crippen LogP contribution in [0.2, 0.25) is 0 Å². The molecule has 0 fully saturated rings. The van der Waals surface area contributed by atoms with E-state index < -0.39 is 0 Å². The third-order valence-corrected chi connectivity index (χ3v) is 4.44. The molecule has 4 heteroatoms. The lowest BCUT2D eigenvalue weighted by Crippen LogP contribution is -2.21. The number of halogens is 1. The zero-order chi connectivity index (χ0) is 14.5. The molecule has 0 bridgehead atoms. The first-order valence-electron chi connectivity index (χ1n) is 6.84. The fourth-order valence-corrected chi connectivity index (χ4v) is 3.32. The summed E-state index contributed by atoms with van der Waals surface area (Å²) in [5.74, 6) is 0.922. The Kier molecular flexibility index (Phi) is 5.64. The first-order chi connectivity index (χ1) is 9.60. The van der Waals surface area contributed by atoms with Crippen LogP contribution in [0.3, 0.4) is 0 Å². The van der Waals surface area contributed by atoms with Crippen LogP contribution >= 0.6 is 27.3 Å². The van der Waals surface area contributed by atoms with Crippen molar-refractivity contribution in [2.75, 3.05) is 6.54 Å². The second-order valence-electron chi connectivity index (χ2n) is 4.91. The third-order valence-electron chi connectivity index (χ3n) is 2.91. The molecular formula is C16H20BrNOS. The van der Waals surface area contributed by atoms with Crippen molar-refractivity contribution in [1.82, 2.24) is 5.32 Å². The van der Waals surface area contributed by atoms with Crippen LogP contribution in [0, 0.1) is 0 Å². The Morgan fingerprint density at radius 1 is 1.20 bits per heavy atom.